The van der Waals surface area contributed by atoms with E-state index in [2.05, 4.69) is 9.47 Å². The first-order valence-electron chi connectivity index (χ1n) is 12.1. The number of esters is 2. The van der Waals surface area contributed by atoms with E-state index in [0.717, 1.165) is 0 Å². The molecule has 0 saturated heterocycles. The summed E-state index contributed by atoms with van der Waals surface area (Å²) in [5.74, 6) is -4.57. The number of ether oxygens (including phenoxy) is 2. The van der Waals surface area contributed by atoms with Gasteiger partial charge in [-0.3, -0.25) is 28.8 Å². The van der Waals surface area contributed by atoms with Crippen LogP contribution < -0.4 is 10.2 Å². The van der Waals surface area contributed by atoms with Crippen molar-refractivity contribution in [3.05, 3.63) is 0 Å². The van der Waals surface area contributed by atoms with Crippen LogP contribution >= 0.6 is 0 Å². The second-order valence-electron chi connectivity index (χ2n) is 8.06. The summed E-state index contributed by atoms with van der Waals surface area (Å²) in [6.07, 6.45) is -1.48. The van der Waals surface area contributed by atoms with Gasteiger partial charge in [0.15, 0.2) is 0 Å². The number of carboxylic acids is 2. The SMILES string of the molecule is CC(=O)CC(=O)[O-].CC(=O)CC(=O)[O-].CC(C)O.CC(C)O.CCOC(=O)CC(C)=O.CCOC(=O)CC(C)=O.[Ti+2]. The number of carboxylic acid groups (broad SMARTS) is 2. The molecule has 0 radical (unpaired) electrons. The van der Waals surface area contributed by atoms with Crippen LogP contribution in [0.25, 0.3) is 0 Å². The summed E-state index contributed by atoms with van der Waals surface area (Å²) in [7, 11) is 0. The largest absolute Gasteiger partial charge is 2.00 e. The Hall–Kier alpha value is -2.81. The zero-order valence-corrected chi connectivity index (χ0v) is 27.3. The molecule has 0 fully saturated rings. The molecule has 0 amide bonds. The third kappa shape index (κ3) is 125. The molecular formula is C26H46O14Ti. The van der Waals surface area contributed by atoms with Crippen LogP contribution in [-0.2, 0) is 69.5 Å². The van der Waals surface area contributed by atoms with E-state index >= 15 is 0 Å². The van der Waals surface area contributed by atoms with E-state index in [1.165, 1.54) is 27.7 Å². The molecule has 0 aromatic rings. The molecule has 0 aliphatic heterocycles. The number of aliphatic hydroxyl groups excluding tert-OH is 2. The second-order valence-corrected chi connectivity index (χ2v) is 8.06. The number of aliphatic carboxylic acids is 2. The molecule has 0 aliphatic rings. The average Bonchev–Trinajstić information content (AvgIpc) is 2.65. The predicted octanol–water partition coefficient (Wildman–Crippen LogP) is -0.740. The first-order valence-corrected chi connectivity index (χ1v) is 12.1. The van der Waals surface area contributed by atoms with E-state index in [0.29, 0.717) is 13.2 Å². The monoisotopic (exact) mass is 630 g/mol. The summed E-state index contributed by atoms with van der Waals surface area (Å²) >= 11 is 0. The van der Waals surface area contributed by atoms with Crippen LogP contribution in [0.15, 0.2) is 0 Å². The van der Waals surface area contributed by atoms with Gasteiger partial charge in [0, 0.05) is 37.0 Å². The Kier molecular flexibility index (Phi) is 52.1. The maximum Gasteiger partial charge on any atom is 2.00 e. The van der Waals surface area contributed by atoms with Gasteiger partial charge in [-0.2, -0.15) is 0 Å². The van der Waals surface area contributed by atoms with Gasteiger partial charge in [0.2, 0.25) is 0 Å². The van der Waals surface area contributed by atoms with Crippen molar-refractivity contribution in [1.29, 1.82) is 0 Å². The van der Waals surface area contributed by atoms with Crippen molar-refractivity contribution >= 4 is 47.0 Å². The van der Waals surface area contributed by atoms with Gasteiger partial charge in [0.05, 0.1) is 13.2 Å². The molecule has 0 rings (SSSR count). The van der Waals surface area contributed by atoms with Gasteiger partial charge >= 0.3 is 33.7 Å². The number of carbonyl (C=O) groups excluding carboxylic acids is 8. The van der Waals surface area contributed by atoms with Crippen LogP contribution in [0.4, 0.5) is 0 Å². The third-order valence-electron chi connectivity index (χ3n) is 2.18. The molecule has 0 aromatic heterocycles. The molecule has 14 nitrogen and oxygen atoms in total. The number of Topliss-reactive ketones (excluding diaryl/α,β-unsaturated/α-hetero) is 4. The average molecular weight is 631 g/mol. The smallest absolute Gasteiger partial charge is 0.550 e. The van der Waals surface area contributed by atoms with Crippen LogP contribution in [0.5, 0.6) is 0 Å². The van der Waals surface area contributed by atoms with Crippen LogP contribution in [0, 0.1) is 0 Å². The molecule has 0 spiro atoms. The zero-order chi connectivity index (χ0) is 33.4. The van der Waals surface area contributed by atoms with Crippen LogP contribution in [-0.4, -0.2) is 82.6 Å². The summed E-state index contributed by atoms with van der Waals surface area (Å²) in [5, 5.41) is 35.1. The topological polar surface area (TPSA) is 242 Å². The minimum atomic E-state index is -1.31. The van der Waals surface area contributed by atoms with Crippen molar-refractivity contribution in [2.45, 2.75) is 107 Å². The fourth-order valence-electron chi connectivity index (χ4n) is 1.24. The van der Waals surface area contributed by atoms with Gasteiger partial charge in [-0.25, -0.2) is 0 Å². The fraction of sp³-hybridized carbons (Fsp3) is 0.692. The fourth-order valence-corrected chi connectivity index (χ4v) is 1.24. The van der Waals surface area contributed by atoms with E-state index in [-0.39, 0.29) is 69.9 Å². The Morgan fingerprint density at radius 3 is 0.780 bits per heavy atom. The Morgan fingerprint density at radius 1 is 0.537 bits per heavy atom. The Morgan fingerprint density at radius 2 is 0.707 bits per heavy atom. The van der Waals surface area contributed by atoms with Crippen molar-refractivity contribution in [3.63, 3.8) is 0 Å². The van der Waals surface area contributed by atoms with Gasteiger partial charge in [0.25, 0.3) is 0 Å². The van der Waals surface area contributed by atoms with E-state index in [4.69, 9.17) is 10.2 Å². The van der Waals surface area contributed by atoms with E-state index in [1.807, 2.05) is 0 Å². The number of hydrogen-bond donors (Lipinski definition) is 2. The van der Waals surface area contributed by atoms with Gasteiger partial charge in [-0.1, -0.05) is 0 Å². The molecule has 0 saturated carbocycles. The van der Waals surface area contributed by atoms with E-state index in [1.54, 1.807) is 41.5 Å². The van der Waals surface area contributed by atoms with E-state index in [9.17, 15) is 48.6 Å². The van der Waals surface area contributed by atoms with Crippen molar-refractivity contribution in [2.75, 3.05) is 13.2 Å². The normalized spacial score (nSPS) is 8.34. The number of carbonyl (C=O) groups is 8. The quantitative estimate of drug-likeness (QED) is 0.172. The van der Waals surface area contributed by atoms with Gasteiger partial charge in [-0.05, 0) is 69.2 Å². The summed E-state index contributed by atoms with van der Waals surface area (Å²) < 4.78 is 8.99. The summed E-state index contributed by atoms with van der Waals surface area (Å²) in [6, 6.07) is 0. The zero-order valence-electron chi connectivity index (χ0n) is 25.7. The molecular weight excluding hydrogens is 584 g/mol. The number of ketones is 4. The van der Waals surface area contributed by atoms with Crippen LogP contribution in [0.1, 0.15) is 94.9 Å². The van der Waals surface area contributed by atoms with E-state index < -0.39 is 36.7 Å². The molecule has 0 unspecified atom stereocenters. The maximum atomic E-state index is 10.4. The number of rotatable bonds is 10. The van der Waals surface area contributed by atoms with Crippen molar-refractivity contribution in [2.24, 2.45) is 0 Å². The molecule has 2 N–H and O–H groups in total. The van der Waals surface area contributed by atoms with Crippen LogP contribution in [0.3, 0.4) is 0 Å². The molecule has 0 aliphatic carbocycles. The van der Waals surface area contributed by atoms with Gasteiger partial charge < -0.3 is 39.5 Å². The standard InChI is InChI=1S/2C6H10O3.2C4H6O3.2C3H8O.Ti/c2*1-3-9-6(8)4-5(2)7;2*1-3(5)2-4(6)7;2*1-3(2)4;/h2*3-4H2,1-2H3;2*2H2,1H3,(H,6,7);2*3-4H,1-2H3;/q;;;;;;+2/p-2. The molecule has 41 heavy (non-hydrogen) atoms. The Balaban J connectivity index is -0.0000000690. The second kappa shape index (κ2) is 39.3. The molecule has 0 heterocycles. The Bertz CT molecular complexity index is 655. The molecule has 15 heteroatoms. The first kappa shape index (κ1) is 54.3. The minimum absolute atomic E-state index is 0. The third-order valence-corrected chi connectivity index (χ3v) is 2.18. The molecule has 0 aromatic carbocycles. The van der Waals surface area contributed by atoms with Gasteiger partial charge in [0.1, 0.15) is 36.0 Å². The summed E-state index contributed by atoms with van der Waals surface area (Å²) in [4.78, 5) is 79.9. The number of aliphatic hydroxyl groups is 2. The number of hydrogen-bond acceptors (Lipinski definition) is 14. The van der Waals surface area contributed by atoms with Gasteiger partial charge in [-0.15, -0.1) is 0 Å². The van der Waals surface area contributed by atoms with Crippen LogP contribution in [0.2, 0.25) is 0 Å². The van der Waals surface area contributed by atoms with Crippen molar-refractivity contribution in [3.8, 4) is 0 Å². The summed E-state index contributed by atoms with van der Waals surface area (Å²) in [5.41, 5.74) is 0. The molecule has 238 valence electrons. The van der Waals surface area contributed by atoms with Crippen molar-refractivity contribution < 1.29 is 90.0 Å². The first-order chi connectivity index (χ1) is 18.0. The minimum Gasteiger partial charge on any atom is -0.550 e. The Labute approximate surface area is 257 Å². The molecule has 0 bridgehead atoms. The maximum absolute atomic E-state index is 10.4. The predicted molar refractivity (Wildman–Crippen MR) is 139 cm³/mol. The summed E-state index contributed by atoms with van der Waals surface area (Å²) in [6.45, 7) is 16.1. The van der Waals surface area contributed by atoms with Crippen molar-refractivity contribution in [1.82, 2.24) is 0 Å². The molecule has 0 atom stereocenters.